The maximum atomic E-state index is 12.2. The van der Waals surface area contributed by atoms with Crippen LogP contribution in [0.2, 0.25) is 0 Å². The average Bonchev–Trinajstić information content (AvgIpc) is 3.00. The number of fused-ring (bicyclic) bond motifs is 2. The molecule has 2 fully saturated rings. The zero-order valence-electron chi connectivity index (χ0n) is 9.90. The molecule has 2 saturated heterocycles. The van der Waals surface area contributed by atoms with Gasteiger partial charge in [0.15, 0.2) is 0 Å². The molecule has 5 heteroatoms. The number of nitrogens with zero attached hydrogens (tertiary/aromatic N) is 1. The minimum absolute atomic E-state index is 0.213. The highest BCUT2D eigenvalue weighted by Gasteiger charge is 2.43. The molecule has 0 amide bonds. The van der Waals surface area contributed by atoms with Gasteiger partial charge in [-0.1, -0.05) is 30.3 Å². The van der Waals surface area contributed by atoms with Crippen LogP contribution in [0.4, 0.5) is 0 Å². The SMILES string of the molecule is O=S(=O)(/C=C/c1ccccc1)N1CC2CC1CS2. The van der Waals surface area contributed by atoms with Gasteiger partial charge in [-0.15, -0.1) is 0 Å². The molecule has 96 valence electrons. The molecular weight excluding hydrogens is 266 g/mol. The number of hydrogen-bond acceptors (Lipinski definition) is 3. The Hall–Kier alpha value is -0.780. The van der Waals surface area contributed by atoms with E-state index in [-0.39, 0.29) is 6.04 Å². The van der Waals surface area contributed by atoms with Crippen LogP contribution in [0.3, 0.4) is 0 Å². The summed E-state index contributed by atoms with van der Waals surface area (Å²) >= 11 is 1.90. The Balaban J connectivity index is 1.78. The van der Waals surface area contributed by atoms with Crippen LogP contribution in [0, 0.1) is 0 Å². The highest BCUT2D eigenvalue weighted by molar-refractivity contribution is 8.00. The van der Waals surface area contributed by atoms with Gasteiger partial charge in [-0.25, -0.2) is 8.42 Å². The molecule has 2 unspecified atom stereocenters. The highest BCUT2D eigenvalue weighted by atomic mass is 32.2. The quantitative estimate of drug-likeness (QED) is 0.852. The first-order chi connectivity index (χ1) is 8.65. The van der Waals surface area contributed by atoms with E-state index in [1.807, 2.05) is 42.1 Å². The summed E-state index contributed by atoms with van der Waals surface area (Å²) in [5.41, 5.74) is 0.916. The molecule has 2 aliphatic heterocycles. The molecule has 3 nitrogen and oxygen atoms in total. The third kappa shape index (κ3) is 2.35. The van der Waals surface area contributed by atoms with Gasteiger partial charge in [0.1, 0.15) is 0 Å². The standard InChI is InChI=1S/C13H15NO2S2/c15-18(16,7-6-11-4-2-1-3-5-11)14-9-13-8-12(14)10-17-13/h1-7,12-13H,8-10H2/b7-6+. The Morgan fingerprint density at radius 1 is 1.28 bits per heavy atom. The summed E-state index contributed by atoms with van der Waals surface area (Å²) in [5, 5.41) is 1.85. The van der Waals surface area contributed by atoms with Crippen LogP contribution in [0.15, 0.2) is 35.7 Å². The Morgan fingerprint density at radius 3 is 2.67 bits per heavy atom. The lowest BCUT2D eigenvalue weighted by Gasteiger charge is -2.24. The Kier molecular flexibility index (Phi) is 3.21. The molecule has 0 saturated carbocycles. The van der Waals surface area contributed by atoms with Crippen LogP contribution in [-0.2, 0) is 10.0 Å². The van der Waals surface area contributed by atoms with Crippen molar-refractivity contribution in [3.63, 3.8) is 0 Å². The minimum atomic E-state index is -3.25. The van der Waals surface area contributed by atoms with E-state index in [0.29, 0.717) is 11.8 Å². The van der Waals surface area contributed by atoms with E-state index in [1.54, 1.807) is 10.4 Å². The van der Waals surface area contributed by atoms with E-state index in [1.165, 1.54) is 5.41 Å². The van der Waals surface area contributed by atoms with Crippen molar-refractivity contribution in [2.45, 2.75) is 17.7 Å². The topological polar surface area (TPSA) is 37.4 Å². The van der Waals surface area contributed by atoms with Crippen molar-refractivity contribution >= 4 is 27.9 Å². The van der Waals surface area contributed by atoms with Crippen LogP contribution < -0.4 is 0 Å². The summed E-state index contributed by atoms with van der Waals surface area (Å²) in [7, 11) is -3.25. The lowest BCUT2D eigenvalue weighted by atomic mass is 10.2. The number of sulfonamides is 1. The molecule has 0 N–H and O–H groups in total. The Morgan fingerprint density at radius 2 is 2.06 bits per heavy atom. The summed E-state index contributed by atoms with van der Waals surface area (Å²) in [6.45, 7) is 0.677. The first kappa shape index (κ1) is 12.3. The lowest BCUT2D eigenvalue weighted by molar-refractivity contribution is 0.416. The molecule has 2 aliphatic rings. The molecule has 0 radical (unpaired) electrons. The van der Waals surface area contributed by atoms with Crippen molar-refractivity contribution in [2.75, 3.05) is 12.3 Å². The zero-order chi connectivity index (χ0) is 12.6. The fourth-order valence-electron chi connectivity index (χ4n) is 2.48. The zero-order valence-corrected chi connectivity index (χ0v) is 11.5. The third-order valence-corrected chi connectivity index (χ3v) is 6.38. The molecule has 2 atom stereocenters. The van der Waals surface area contributed by atoms with Crippen molar-refractivity contribution in [2.24, 2.45) is 0 Å². The monoisotopic (exact) mass is 281 g/mol. The van der Waals surface area contributed by atoms with Gasteiger partial charge in [0, 0.05) is 29.0 Å². The van der Waals surface area contributed by atoms with E-state index in [2.05, 4.69) is 0 Å². The maximum absolute atomic E-state index is 12.2. The summed E-state index contributed by atoms with van der Waals surface area (Å²) in [5.74, 6) is 0.947. The van der Waals surface area contributed by atoms with Crippen LogP contribution in [-0.4, -0.2) is 36.3 Å². The van der Waals surface area contributed by atoms with Crippen LogP contribution >= 0.6 is 11.8 Å². The fourth-order valence-corrected chi connectivity index (χ4v) is 5.56. The van der Waals surface area contributed by atoms with E-state index in [0.717, 1.165) is 17.7 Å². The molecule has 0 spiro atoms. The van der Waals surface area contributed by atoms with Gasteiger partial charge in [0.25, 0.3) is 0 Å². The van der Waals surface area contributed by atoms with Gasteiger partial charge < -0.3 is 0 Å². The second kappa shape index (κ2) is 4.72. The predicted octanol–water partition coefficient (Wildman–Crippen LogP) is 2.18. The van der Waals surface area contributed by atoms with Crippen LogP contribution in [0.25, 0.3) is 6.08 Å². The molecule has 0 aromatic heterocycles. The first-order valence-corrected chi connectivity index (χ1v) is 8.57. The second-order valence-electron chi connectivity index (χ2n) is 4.67. The van der Waals surface area contributed by atoms with E-state index >= 15 is 0 Å². The summed E-state index contributed by atoms with van der Waals surface area (Å²) in [4.78, 5) is 0. The molecule has 2 bridgehead atoms. The number of thioether (sulfide) groups is 1. The number of hydrogen-bond donors (Lipinski definition) is 0. The normalized spacial score (nSPS) is 28.2. The number of rotatable bonds is 3. The fraction of sp³-hybridized carbons (Fsp3) is 0.385. The summed E-state index contributed by atoms with van der Waals surface area (Å²) in [6, 6.07) is 9.74. The van der Waals surface area contributed by atoms with E-state index in [9.17, 15) is 8.42 Å². The van der Waals surface area contributed by atoms with Gasteiger partial charge >= 0.3 is 0 Å². The summed E-state index contributed by atoms with van der Waals surface area (Å²) in [6.07, 6.45) is 2.69. The van der Waals surface area contributed by atoms with E-state index < -0.39 is 10.0 Å². The maximum Gasteiger partial charge on any atom is 0.236 e. The van der Waals surface area contributed by atoms with Gasteiger partial charge in [0.05, 0.1) is 0 Å². The van der Waals surface area contributed by atoms with Crippen molar-refractivity contribution in [1.29, 1.82) is 0 Å². The second-order valence-corrected chi connectivity index (χ2v) is 7.78. The summed E-state index contributed by atoms with van der Waals surface area (Å²) < 4.78 is 26.1. The van der Waals surface area contributed by atoms with Crippen LogP contribution in [0.1, 0.15) is 12.0 Å². The molecular formula is C13H15NO2S2. The van der Waals surface area contributed by atoms with Crippen LogP contribution in [0.5, 0.6) is 0 Å². The molecule has 2 heterocycles. The van der Waals surface area contributed by atoms with Crippen molar-refractivity contribution in [1.82, 2.24) is 4.31 Å². The molecule has 1 aromatic rings. The number of benzene rings is 1. The smallest absolute Gasteiger partial charge is 0.207 e. The third-order valence-electron chi connectivity index (χ3n) is 3.41. The molecule has 0 aliphatic carbocycles. The molecule has 3 rings (SSSR count). The average molecular weight is 281 g/mol. The van der Waals surface area contributed by atoms with Gasteiger partial charge in [0.2, 0.25) is 10.0 Å². The minimum Gasteiger partial charge on any atom is -0.207 e. The van der Waals surface area contributed by atoms with Gasteiger partial charge in [-0.2, -0.15) is 16.1 Å². The molecule has 18 heavy (non-hydrogen) atoms. The lowest BCUT2D eigenvalue weighted by Crippen LogP contribution is -2.37. The first-order valence-electron chi connectivity index (χ1n) is 6.02. The van der Waals surface area contributed by atoms with E-state index in [4.69, 9.17) is 0 Å². The van der Waals surface area contributed by atoms with Gasteiger partial charge in [-0.3, -0.25) is 0 Å². The largest absolute Gasteiger partial charge is 0.236 e. The predicted molar refractivity (Wildman–Crippen MR) is 75.8 cm³/mol. The van der Waals surface area contributed by atoms with Crippen molar-refractivity contribution < 1.29 is 8.42 Å². The molecule has 1 aromatic carbocycles. The van der Waals surface area contributed by atoms with Gasteiger partial charge in [-0.05, 0) is 18.1 Å². The van der Waals surface area contributed by atoms with Crippen molar-refractivity contribution in [3.05, 3.63) is 41.3 Å². The highest BCUT2D eigenvalue weighted by Crippen LogP contribution is 2.39. The Bertz CT molecular complexity index is 554. The Labute approximate surface area is 112 Å². The van der Waals surface area contributed by atoms with Crippen molar-refractivity contribution in [3.8, 4) is 0 Å².